The molecule has 1 fully saturated rings. The third-order valence-electron chi connectivity index (χ3n) is 2.99. The van der Waals surface area contributed by atoms with Crippen LogP contribution in [0.2, 0.25) is 0 Å². The van der Waals surface area contributed by atoms with E-state index in [9.17, 15) is 0 Å². The average Bonchev–Trinajstić information content (AvgIpc) is 2.35. The molecule has 0 aromatic rings. The van der Waals surface area contributed by atoms with Crippen LogP contribution in [-0.4, -0.2) is 42.0 Å². The van der Waals surface area contributed by atoms with E-state index >= 15 is 0 Å². The van der Waals surface area contributed by atoms with Gasteiger partial charge >= 0.3 is 0 Å². The first-order valence-corrected chi connectivity index (χ1v) is 5.89. The van der Waals surface area contributed by atoms with Crippen LogP contribution in [0.15, 0.2) is 23.7 Å². The maximum absolute atomic E-state index is 5.98. The molecule has 1 rings (SSSR count). The fourth-order valence-corrected chi connectivity index (χ4v) is 1.80. The Balaban J connectivity index is 2.50. The molecule has 1 aliphatic rings. The quantitative estimate of drug-likeness (QED) is 0.544. The Hall–Kier alpha value is -1.60. The van der Waals surface area contributed by atoms with E-state index in [4.69, 9.17) is 17.9 Å². The number of allylic oxidation sites excluding steroid dienone is 3. The molecular formula is C13H22N4. The van der Waals surface area contributed by atoms with E-state index in [0.717, 1.165) is 37.7 Å². The molecule has 1 unspecified atom stereocenters. The molecule has 94 valence electrons. The molecule has 0 aromatic carbocycles. The lowest BCUT2D eigenvalue weighted by molar-refractivity contribution is 0.143. The summed E-state index contributed by atoms with van der Waals surface area (Å²) >= 11 is 0. The van der Waals surface area contributed by atoms with Crippen LogP contribution in [0.25, 0.3) is 0 Å². The molecule has 1 aliphatic heterocycles. The highest BCUT2D eigenvalue weighted by molar-refractivity contribution is 5.13. The fraction of sp³-hybridized carbons (Fsp3) is 0.538. The van der Waals surface area contributed by atoms with Crippen molar-refractivity contribution in [2.24, 2.45) is 11.5 Å². The Bertz CT molecular complexity index is 339. The van der Waals surface area contributed by atoms with Gasteiger partial charge in [0.2, 0.25) is 0 Å². The van der Waals surface area contributed by atoms with Crippen LogP contribution in [0, 0.1) is 12.3 Å². The summed E-state index contributed by atoms with van der Waals surface area (Å²) in [6.07, 6.45) is 9.10. The maximum atomic E-state index is 5.98. The van der Waals surface area contributed by atoms with Gasteiger partial charge < -0.3 is 16.4 Å². The van der Waals surface area contributed by atoms with Crippen LogP contribution in [0.1, 0.15) is 13.8 Å². The van der Waals surface area contributed by atoms with E-state index in [1.165, 1.54) is 0 Å². The number of hydrogen-bond acceptors (Lipinski definition) is 4. The van der Waals surface area contributed by atoms with E-state index in [2.05, 4.69) is 22.6 Å². The molecule has 1 atom stereocenters. The molecule has 4 nitrogen and oxygen atoms in total. The van der Waals surface area contributed by atoms with Crippen molar-refractivity contribution in [1.29, 1.82) is 0 Å². The topological polar surface area (TPSA) is 58.5 Å². The van der Waals surface area contributed by atoms with Gasteiger partial charge in [0.05, 0.1) is 11.9 Å². The number of nitrogens with zero attached hydrogens (tertiary/aromatic N) is 2. The van der Waals surface area contributed by atoms with Gasteiger partial charge in [-0.1, -0.05) is 5.92 Å². The van der Waals surface area contributed by atoms with Crippen molar-refractivity contribution in [1.82, 2.24) is 9.80 Å². The molecule has 0 aromatic heterocycles. The smallest absolute Gasteiger partial charge is 0.0987 e. The normalized spacial score (nSPS) is 21.1. The average molecular weight is 234 g/mol. The zero-order chi connectivity index (χ0) is 12.8. The number of rotatable bonds is 3. The van der Waals surface area contributed by atoms with Crippen LogP contribution in [0.3, 0.4) is 0 Å². The first-order valence-electron chi connectivity index (χ1n) is 5.89. The molecule has 17 heavy (non-hydrogen) atoms. The Morgan fingerprint density at radius 1 is 1.24 bits per heavy atom. The Kier molecular flexibility index (Phi) is 4.92. The molecule has 0 saturated carbocycles. The zero-order valence-corrected chi connectivity index (χ0v) is 10.7. The summed E-state index contributed by atoms with van der Waals surface area (Å²) in [6.45, 7) is 7.61. The summed E-state index contributed by atoms with van der Waals surface area (Å²) < 4.78 is 0. The molecule has 0 aliphatic carbocycles. The third kappa shape index (κ3) is 4.04. The van der Waals surface area contributed by atoms with Crippen molar-refractivity contribution in [3.8, 4) is 12.3 Å². The molecule has 0 amide bonds. The van der Waals surface area contributed by atoms with Crippen molar-refractivity contribution >= 4 is 0 Å². The lowest BCUT2D eigenvalue weighted by atomic mass is 10.2. The summed E-state index contributed by atoms with van der Waals surface area (Å²) in [4.78, 5) is 4.44. The van der Waals surface area contributed by atoms with Gasteiger partial charge in [-0.05, 0) is 26.0 Å². The summed E-state index contributed by atoms with van der Waals surface area (Å²) in [5.74, 6) is 3.52. The van der Waals surface area contributed by atoms with Crippen LogP contribution < -0.4 is 11.5 Å². The predicted octanol–water partition coefficient (Wildman–Crippen LogP) is 0.288. The molecule has 0 bridgehead atoms. The number of nitrogens with two attached hydrogens (primary N) is 2. The molecule has 4 N–H and O–H groups in total. The van der Waals surface area contributed by atoms with Gasteiger partial charge in [-0.25, -0.2) is 0 Å². The Morgan fingerprint density at radius 2 is 1.82 bits per heavy atom. The first kappa shape index (κ1) is 13.5. The molecule has 1 saturated heterocycles. The highest BCUT2D eigenvalue weighted by Gasteiger charge is 2.19. The fourth-order valence-electron chi connectivity index (χ4n) is 1.80. The highest BCUT2D eigenvalue weighted by atomic mass is 15.3. The van der Waals surface area contributed by atoms with Gasteiger partial charge in [0.25, 0.3) is 0 Å². The summed E-state index contributed by atoms with van der Waals surface area (Å²) in [5.41, 5.74) is 12.3. The molecular weight excluding hydrogens is 212 g/mol. The van der Waals surface area contributed by atoms with Crippen LogP contribution in [-0.2, 0) is 0 Å². The minimum atomic E-state index is 0.202. The van der Waals surface area contributed by atoms with Crippen molar-refractivity contribution in [2.45, 2.75) is 19.9 Å². The standard InChI is InChI=1S/C13H22N4/c1-4-12(3)16-7-9-17(10-8-16)13(15)6-5-11(2)14/h1,5-6,12H,7-10,14-15H2,2-3H3/b11-5-,13-6+. The van der Waals surface area contributed by atoms with Crippen molar-refractivity contribution < 1.29 is 0 Å². The van der Waals surface area contributed by atoms with E-state index in [1.807, 2.05) is 19.1 Å². The SMILES string of the molecule is C#CC(C)N1CCN(/C(N)=C/C=C(/C)N)CC1. The second-order valence-electron chi connectivity index (χ2n) is 4.37. The first-order chi connectivity index (χ1) is 8.04. The monoisotopic (exact) mass is 234 g/mol. The summed E-state index contributed by atoms with van der Waals surface area (Å²) in [5, 5.41) is 0. The summed E-state index contributed by atoms with van der Waals surface area (Å²) in [7, 11) is 0. The molecule has 1 heterocycles. The minimum Gasteiger partial charge on any atom is -0.402 e. The number of hydrogen-bond donors (Lipinski definition) is 2. The van der Waals surface area contributed by atoms with Gasteiger partial charge in [0.1, 0.15) is 0 Å². The second-order valence-corrected chi connectivity index (χ2v) is 4.37. The minimum absolute atomic E-state index is 0.202. The largest absolute Gasteiger partial charge is 0.402 e. The van der Waals surface area contributed by atoms with E-state index < -0.39 is 0 Å². The van der Waals surface area contributed by atoms with Crippen LogP contribution >= 0.6 is 0 Å². The van der Waals surface area contributed by atoms with Crippen LogP contribution in [0.5, 0.6) is 0 Å². The van der Waals surface area contributed by atoms with Gasteiger partial charge in [-0.15, -0.1) is 6.42 Å². The third-order valence-corrected chi connectivity index (χ3v) is 2.99. The Labute approximate surface area is 104 Å². The van der Waals surface area contributed by atoms with Gasteiger partial charge in [-0.2, -0.15) is 0 Å². The van der Waals surface area contributed by atoms with E-state index in [0.29, 0.717) is 0 Å². The van der Waals surface area contributed by atoms with Gasteiger partial charge in [-0.3, -0.25) is 4.90 Å². The van der Waals surface area contributed by atoms with E-state index in [-0.39, 0.29) is 6.04 Å². The maximum Gasteiger partial charge on any atom is 0.0987 e. The number of terminal acetylenes is 1. The van der Waals surface area contributed by atoms with Crippen LogP contribution in [0.4, 0.5) is 0 Å². The summed E-state index contributed by atoms with van der Waals surface area (Å²) in [6, 6.07) is 0.202. The molecule has 0 spiro atoms. The molecule has 0 radical (unpaired) electrons. The van der Waals surface area contributed by atoms with Gasteiger partial charge in [0.15, 0.2) is 0 Å². The van der Waals surface area contributed by atoms with Crippen molar-refractivity contribution in [2.75, 3.05) is 26.2 Å². The Morgan fingerprint density at radius 3 is 2.29 bits per heavy atom. The van der Waals surface area contributed by atoms with Crippen molar-refractivity contribution in [3.63, 3.8) is 0 Å². The van der Waals surface area contributed by atoms with Gasteiger partial charge in [0, 0.05) is 31.9 Å². The lowest BCUT2D eigenvalue weighted by Crippen LogP contribution is -2.49. The van der Waals surface area contributed by atoms with Crippen molar-refractivity contribution in [3.05, 3.63) is 23.7 Å². The predicted molar refractivity (Wildman–Crippen MR) is 71.7 cm³/mol. The second kappa shape index (κ2) is 6.21. The van der Waals surface area contributed by atoms with E-state index in [1.54, 1.807) is 0 Å². The zero-order valence-electron chi connectivity index (χ0n) is 10.7. The number of piperazine rings is 1. The molecule has 4 heteroatoms. The lowest BCUT2D eigenvalue weighted by Gasteiger charge is -2.37. The highest BCUT2D eigenvalue weighted by Crippen LogP contribution is 2.08.